The lowest BCUT2D eigenvalue weighted by Gasteiger charge is -2.30. The molecular weight excluding hydrogens is 128 g/mol. The highest BCUT2D eigenvalue weighted by molar-refractivity contribution is 5.54. The largest absolute Gasteiger partial charge is 0.359 e. The van der Waals surface area contributed by atoms with Crippen molar-refractivity contribution in [2.75, 3.05) is 33.2 Å². The third-order valence-corrected chi connectivity index (χ3v) is 1.77. The number of hydrogen-bond acceptors (Lipinski definition) is 3. The van der Waals surface area contributed by atoms with Gasteiger partial charge in [0.2, 0.25) is 0 Å². The third-order valence-electron chi connectivity index (χ3n) is 1.77. The predicted molar refractivity (Wildman–Crippen MR) is 41.7 cm³/mol. The van der Waals surface area contributed by atoms with Crippen LogP contribution in [0, 0.1) is 0 Å². The Morgan fingerprint density at radius 3 is 2.40 bits per heavy atom. The lowest BCUT2D eigenvalue weighted by Crippen LogP contribution is -2.43. The molecule has 4 heteroatoms. The summed E-state index contributed by atoms with van der Waals surface area (Å²) in [5.74, 6) is 5.01. The molecule has 1 aliphatic heterocycles. The highest BCUT2D eigenvalue weighted by Crippen LogP contribution is 1.94. The molecule has 58 valence electrons. The number of nitrogens with zero attached hydrogens (tertiary/aromatic N) is 3. The summed E-state index contributed by atoms with van der Waals surface area (Å²) in [5.41, 5.74) is 0. The molecule has 2 N–H and O–H groups in total. The zero-order chi connectivity index (χ0) is 7.40. The van der Waals surface area contributed by atoms with Crippen molar-refractivity contribution < 1.29 is 0 Å². The lowest BCUT2D eigenvalue weighted by molar-refractivity contribution is 0.219. The number of hydrogen-bond donors (Lipinski definition) is 1. The first-order valence-electron chi connectivity index (χ1n) is 3.49. The van der Waals surface area contributed by atoms with Crippen molar-refractivity contribution in [3.8, 4) is 0 Å². The van der Waals surface area contributed by atoms with Gasteiger partial charge in [0.1, 0.15) is 6.34 Å². The Bertz CT molecular complexity index is 115. The minimum atomic E-state index is 1.04. The first-order valence-corrected chi connectivity index (χ1v) is 3.49. The van der Waals surface area contributed by atoms with E-state index >= 15 is 0 Å². The van der Waals surface area contributed by atoms with E-state index in [1.54, 1.807) is 6.34 Å². The van der Waals surface area contributed by atoms with Gasteiger partial charge in [-0.15, -0.1) is 0 Å². The van der Waals surface area contributed by atoms with Crippen LogP contribution in [0.15, 0.2) is 5.10 Å². The normalized spacial score (nSPS) is 22.3. The Morgan fingerprint density at radius 2 is 1.90 bits per heavy atom. The van der Waals surface area contributed by atoms with Gasteiger partial charge in [-0.1, -0.05) is 0 Å². The molecule has 0 aromatic rings. The van der Waals surface area contributed by atoms with E-state index in [0.717, 1.165) is 26.2 Å². The smallest absolute Gasteiger partial charge is 0.111 e. The summed E-state index contributed by atoms with van der Waals surface area (Å²) >= 11 is 0. The standard InChI is InChI=1S/C6H14N4/c1-9-2-4-10(5-3-9)6-8-7/h6H,2-5,7H2,1H3. The van der Waals surface area contributed by atoms with Gasteiger partial charge in [0.05, 0.1) is 0 Å². The molecule has 1 rings (SSSR count). The summed E-state index contributed by atoms with van der Waals surface area (Å²) < 4.78 is 0. The molecule has 0 aromatic carbocycles. The Balaban J connectivity index is 2.26. The average molecular weight is 142 g/mol. The Morgan fingerprint density at radius 1 is 1.30 bits per heavy atom. The number of piperazine rings is 1. The second kappa shape index (κ2) is 3.41. The van der Waals surface area contributed by atoms with Crippen LogP contribution in [-0.4, -0.2) is 49.4 Å². The summed E-state index contributed by atoms with van der Waals surface area (Å²) in [6.45, 7) is 4.28. The minimum Gasteiger partial charge on any atom is -0.359 e. The van der Waals surface area contributed by atoms with Crippen molar-refractivity contribution in [2.45, 2.75) is 0 Å². The van der Waals surface area contributed by atoms with Gasteiger partial charge in [-0.25, -0.2) is 0 Å². The van der Waals surface area contributed by atoms with Crippen molar-refractivity contribution in [1.29, 1.82) is 0 Å². The molecule has 0 radical (unpaired) electrons. The number of rotatable bonds is 1. The molecule has 1 aliphatic rings. The molecule has 0 saturated carbocycles. The molecular formula is C6H14N4. The molecule has 0 unspecified atom stereocenters. The van der Waals surface area contributed by atoms with Crippen molar-refractivity contribution in [3.05, 3.63) is 0 Å². The molecule has 0 bridgehead atoms. The second-order valence-electron chi connectivity index (χ2n) is 2.60. The first kappa shape index (κ1) is 7.34. The average Bonchev–Trinajstić information content (AvgIpc) is 1.95. The van der Waals surface area contributed by atoms with Crippen LogP contribution < -0.4 is 5.84 Å². The molecule has 10 heavy (non-hydrogen) atoms. The number of hydrazone groups is 1. The van der Waals surface area contributed by atoms with Crippen molar-refractivity contribution in [1.82, 2.24) is 9.80 Å². The quantitative estimate of drug-likeness (QED) is 0.224. The monoisotopic (exact) mass is 142 g/mol. The summed E-state index contributed by atoms with van der Waals surface area (Å²) in [6.07, 6.45) is 1.70. The maximum Gasteiger partial charge on any atom is 0.111 e. The van der Waals surface area contributed by atoms with Crippen LogP contribution in [0.3, 0.4) is 0 Å². The van der Waals surface area contributed by atoms with Gasteiger partial charge in [-0.2, -0.15) is 5.10 Å². The fraction of sp³-hybridized carbons (Fsp3) is 0.833. The molecule has 4 nitrogen and oxygen atoms in total. The predicted octanol–water partition coefficient (Wildman–Crippen LogP) is -0.864. The molecule has 0 spiro atoms. The highest BCUT2D eigenvalue weighted by Gasteiger charge is 2.09. The third kappa shape index (κ3) is 1.88. The van der Waals surface area contributed by atoms with Crippen molar-refractivity contribution >= 4 is 6.34 Å². The SMILES string of the molecule is CN1CCN(C=NN)CC1. The Labute approximate surface area is 61.3 Å². The van der Waals surface area contributed by atoms with Crippen LogP contribution in [0.5, 0.6) is 0 Å². The lowest BCUT2D eigenvalue weighted by atomic mass is 10.4. The second-order valence-corrected chi connectivity index (χ2v) is 2.60. The van der Waals surface area contributed by atoms with Crippen LogP contribution >= 0.6 is 0 Å². The Kier molecular flexibility index (Phi) is 2.50. The molecule has 0 atom stereocenters. The van der Waals surface area contributed by atoms with Gasteiger partial charge in [-0.05, 0) is 7.05 Å². The fourth-order valence-corrected chi connectivity index (χ4v) is 1.03. The van der Waals surface area contributed by atoms with Crippen molar-refractivity contribution in [2.24, 2.45) is 10.9 Å². The molecule has 0 aromatic heterocycles. The summed E-state index contributed by atoms with van der Waals surface area (Å²) in [6, 6.07) is 0. The van der Waals surface area contributed by atoms with Gasteiger partial charge in [0.15, 0.2) is 0 Å². The zero-order valence-corrected chi connectivity index (χ0v) is 6.32. The number of nitrogens with two attached hydrogens (primary N) is 1. The zero-order valence-electron chi connectivity index (χ0n) is 6.32. The minimum absolute atomic E-state index is 1.04. The molecule has 1 heterocycles. The summed E-state index contributed by atoms with van der Waals surface area (Å²) in [5, 5.41) is 3.47. The van der Waals surface area contributed by atoms with Gasteiger partial charge in [0.25, 0.3) is 0 Å². The van der Waals surface area contributed by atoms with E-state index in [1.807, 2.05) is 0 Å². The van der Waals surface area contributed by atoms with E-state index in [9.17, 15) is 0 Å². The summed E-state index contributed by atoms with van der Waals surface area (Å²) in [4.78, 5) is 4.42. The highest BCUT2D eigenvalue weighted by atomic mass is 15.3. The molecule has 0 amide bonds. The maximum absolute atomic E-state index is 5.01. The summed E-state index contributed by atoms with van der Waals surface area (Å²) in [7, 11) is 2.12. The van der Waals surface area contributed by atoms with Crippen LogP contribution in [0.1, 0.15) is 0 Å². The van der Waals surface area contributed by atoms with Gasteiger partial charge in [-0.3, -0.25) is 0 Å². The van der Waals surface area contributed by atoms with Crippen LogP contribution in [0.2, 0.25) is 0 Å². The van der Waals surface area contributed by atoms with E-state index in [-0.39, 0.29) is 0 Å². The number of likely N-dealkylation sites (N-methyl/N-ethyl adjacent to an activating group) is 1. The van der Waals surface area contributed by atoms with Gasteiger partial charge < -0.3 is 15.6 Å². The van der Waals surface area contributed by atoms with Crippen molar-refractivity contribution in [3.63, 3.8) is 0 Å². The van der Waals surface area contributed by atoms with E-state index in [0.29, 0.717) is 0 Å². The van der Waals surface area contributed by atoms with Crippen LogP contribution in [-0.2, 0) is 0 Å². The van der Waals surface area contributed by atoms with E-state index in [2.05, 4.69) is 21.9 Å². The molecule has 0 aliphatic carbocycles. The molecule has 1 saturated heterocycles. The molecule has 1 fully saturated rings. The van der Waals surface area contributed by atoms with E-state index < -0.39 is 0 Å². The topological polar surface area (TPSA) is 44.9 Å². The van der Waals surface area contributed by atoms with Crippen LogP contribution in [0.25, 0.3) is 0 Å². The van der Waals surface area contributed by atoms with Gasteiger partial charge >= 0.3 is 0 Å². The Hall–Kier alpha value is -0.770. The fourth-order valence-electron chi connectivity index (χ4n) is 1.03. The van der Waals surface area contributed by atoms with E-state index in [1.165, 1.54) is 0 Å². The first-order chi connectivity index (χ1) is 4.83. The maximum atomic E-state index is 5.01. The van der Waals surface area contributed by atoms with Gasteiger partial charge in [0, 0.05) is 26.2 Å². The van der Waals surface area contributed by atoms with E-state index in [4.69, 9.17) is 5.84 Å². The van der Waals surface area contributed by atoms with Crippen LogP contribution in [0.4, 0.5) is 0 Å².